The monoisotopic (exact) mass is 400 g/mol. The number of fused-ring (bicyclic) bond motifs is 1. The van der Waals surface area contributed by atoms with E-state index in [0.29, 0.717) is 6.04 Å². The van der Waals surface area contributed by atoms with Gasteiger partial charge in [-0.05, 0) is 43.1 Å². The number of hydrogen-bond acceptors (Lipinski definition) is 5. The molecule has 1 atom stereocenters. The maximum Gasteiger partial charge on any atom is 0.237 e. The van der Waals surface area contributed by atoms with E-state index in [1.54, 1.807) is 7.11 Å². The van der Waals surface area contributed by atoms with Crippen molar-refractivity contribution in [1.29, 1.82) is 0 Å². The molecule has 3 heterocycles. The van der Waals surface area contributed by atoms with Gasteiger partial charge < -0.3 is 19.8 Å². The molecule has 1 aromatic heterocycles. The highest BCUT2D eigenvalue weighted by Gasteiger charge is 2.26. The van der Waals surface area contributed by atoms with E-state index >= 15 is 0 Å². The lowest BCUT2D eigenvalue weighted by atomic mass is 10.00. The second-order valence-electron chi connectivity index (χ2n) is 8.16. The van der Waals surface area contributed by atoms with Crippen LogP contribution in [-0.2, 0) is 22.6 Å². The molecule has 2 N–H and O–H groups in total. The third-order valence-electron chi connectivity index (χ3n) is 6.19. The third kappa shape index (κ3) is 4.74. The maximum absolute atomic E-state index is 11.6. The highest BCUT2D eigenvalue weighted by molar-refractivity contribution is 5.87. The van der Waals surface area contributed by atoms with Crippen molar-refractivity contribution in [1.82, 2.24) is 14.4 Å². The van der Waals surface area contributed by atoms with Crippen LogP contribution in [0, 0.1) is 0 Å². The lowest BCUT2D eigenvalue weighted by Crippen LogP contribution is -2.49. The number of morpholine rings is 1. The fraction of sp³-hybridized carbons (Fsp3) is 0.591. The Kier molecular flexibility index (Phi) is 6.37. The molecule has 0 saturated carbocycles. The number of primary amides is 1. The first-order valence-corrected chi connectivity index (χ1v) is 10.6. The molecule has 4 rings (SSSR count). The minimum Gasteiger partial charge on any atom is -0.497 e. The van der Waals surface area contributed by atoms with Crippen LogP contribution in [0.25, 0.3) is 10.9 Å². The molecule has 7 heteroatoms. The quantitative estimate of drug-likeness (QED) is 0.768. The predicted molar refractivity (Wildman–Crippen MR) is 113 cm³/mol. The largest absolute Gasteiger partial charge is 0.497 e. The van der Waals surface area contributed by atoms with Crippen LogP contribution in [0.4, 0.5) is 0 Å². The summed E-state index contributed by atoms with van der Waals surface area (Å²) in [5.41, 5.74) is 7.74. The number of rotatable bonds is 7. The van der Waals surface area contributed by atoms with Gasteiger partial charge in [0.1, 0.15) is 12.3 Å². The minimum atomic E-state index is -0.326. The number of hydrogen-bond donors (Lipinski definition) is 1. The van der Waals surface area contributed by atoms with Crippen LogP contribution in [0.15, 0.2) is 24.4 Å². The van der Waals surface area contributed by atoms with Crippen LogP contribution in [0.2, 0.25) is 0 Å². The lowest BCUT2D eigenvalue weighted by Gasteiger charge is -2.39. The second-order valence-corrected chi connectivity index (χ2v) is 8.16. The number of aromatic nitrogens is 1. The maximum atomic E-state index is 11.6. The van der Waals surface area contributed by atoms with Gasteiger partial charge in [-0.3, -0.25) is 14.6 Å². The van der Waals surface area contributed by atoms with Crippen LogP contribution < -0.4 is 10.5 Å². The summed E-state index contributed by atoms with van der Waals surface area (Å²) in [5.74, 6) is 0.506. The molecule has 158 valence electrons. The van der Waals surface area contributed by atoms with E-state index in [1.165, 1.54) is 24.8 Å². The van der Waals surface area contributed by atoms with Gasteiger partial charge in [0.05, 0.1) is 20.3 Å². The van der Waals surface area contributed by atoms with Crippen molar-refractivity contribution in [2.75, 3.05) is 46.5 Å². The Morgan fingerprint density at radius 3 is 2.83 bits per heavy atom. The Balaban J connectivity index is 1.58. The summed E-state index contributed by atoms with van der Waals surface area (Å²) in [6.45, 7) is 7.03. The van der Waals surface area contributed by atoms with Gasteiger partial charge >= 0.3 is 0 Å². The summed E-state index contributed by atoms with van der Waals surface area (Å²) >= 11 is 0. The Bertz CT molecular complexity index is 844. The van der Waals surface area contributed by atoms with Crippen LogP contribution in [-0.4, -0.2) is 72.8 Å². The summed E-state index contributed by atoms with van der Waals surface area (Å²) in [7, 11) is 1.68. The summed E-state index contributed by atoms with van der Waals surface area (Å²) in [6.07, 6.45) is 5.86. The topological polar surface area (TPSA) is 73.0 Å². The number of carbonyl (C=O) groups excluding carboxylic acids is 1. The summed E-state index contributed by atoms with van der Waals surface area (Å²) < 4.78 is 12.9. The normalized spacial score (nSPS) is 21.5. The molecule has 1 amide bonds. The molecule has 1 aromatic carbocycles. The molecular formula is C22H32N4O3. The van der Waals surface area contributed by atoms with E-state index in [-0.39, 0.29) is 12.5 Å². The highest BCUT2D eigenvalue weighted by atomic mass is 16.5. The van der Waals surface area contributed by atoms with Crippen molar-refractivity contribution in [2.24, 2.45) is 5.73 Å². The molecule has 2 aliphatic rings. The molecule has 2 saturated heterocycles. The number of piperidine rings is 1. The predicted octanol–water partition coefficient (Wildman–Crippen LogP) is 1.82. The summed E-state index contributed by atoms with van der Waals surface area (Å²) in [6, 6.07) is 6.58. The Hall–Kier alpha value is -2.09. The smallest absolute Gasteiger partial charge is 0.237 e. The van der Waals surface area contributed by atoms with E-state index in [0.717, 1.165) is 62.6 Å². The van der Waals surface area contributed by atoms with Crippen LogP contribution >= 0.6 is 0 Å². The van der Waals surface area contributed by atoms with Crippen molar-refractivity contribution >= 4 is 16.8 Å². The lowest BCUT2D eigenvalue weighted by molar-refractivity contribution is -0.118. The minimum absolute atomic E-state index is 0.194. The first kappa shape index (κ1) is 20.2. The Morgan fingerprint density at radius 1 is 1.24 bits per heavy atom. The number of ether oxygens (including phenoxy) is 2. The molecule has 2 aliphatic heterocycles. The number of nitrogens with two attached hydrogens (primary N) is 1. The fourth-order valence-corrected chi connectivity index (χ4v) is 4.68. The molecular weight excluding hydrogens is 368 g/mol. The van der Waals surface area contributed by atoms with Gasteiger partial charge in [-0.25, -0.2) is 0 Å². The number of benzene rings is 1. The van der Waals surface area contributed by atoms with Gasteiger partial charge in [-0.2, -0.15) is 0 Å². The summed E-state index contributed by atoms with van der Waals surface area (Å²) in [4.78, 5) is 16.7. The van der Waals surface area contributed by atoms with Crippen molar-refractivity contribution in [3.05, 3.63) is 30.0 Å². The average molecular weight is 401 g/mol. The van der Waals surface area contributed by atoms with E-state index < -0.39 is 0 Å². The molecule has 29 heavy (non-hydrogen) atoms. The second kappa shape index (κ2) is 9.15. The Labute approximate surface area is 172 Å². The molecule has 0 aliphatic carbocycles. The third-order valence-corrected chi connectivity index (χ3v) is 6.19. The molecule has 7 nitrogen and oxygen atoms in total. The molecule has 2 fully saturated rings. The standard InChI is InChI=1S/C22H32N4O3/c1-28-19-5-6-21-20(12-19)17(14-26(21)16-22(23)27)13-25-7-3-2-4-18(25)15-24-8-10-29-11-9-24/h5-6,12,14,18H,2-4,7-11,13,15-16H2,1H3,(H2,23,27). The van der Waals surface area contributed by atoms with Crippen molar-refractivity contribution in [3.63, 3.8) is 0 Å². The number of carbonyl (C=O) groups is 1. The zero-order valence-corrected chi connectivity index (χ0v) is 17.3. The first-order chi connectivity index (χ1) is 14.1. The average Bonchev–Trinajstić information content (AvgIpc) is 3.06. The van der Waals surface area contributed by atoms with Gasteiger partial charge in [0.25, 0.3) is 0 Å². The van der Waals surface area contributed by atoms with E-state index in [1.807, 2.05) is 16.7 Å². The van der Waals surface area contributed by atoms with E-state index in [9.17, 15) is 4.79 Å². The molecule has 0 bridgehead atoms. The zero-order chi connectivity index (χ0) is 20.2. The van der Waals surface area contributed by atoms with Crippen molar-refractivity contribution < 1.29 is 14.3 Å². The molecule has 2 aromatic rings. The van der Waals surface area contributed by atoms with Crippen molar-refractivity contribution in [2.45, 2.75) is 38.4 Å². The zero-order valence-electron chi connectivity index (χ0n) is 17.3. The number of amides is 1. The van der Waals surface area contributed by atoms with Crippen LogP contribution in [0.1, 0.15) is 24.8 Å². The van der Waals surface area contributed by atoms with Gasteiger partial charge in [0.2, 0.25) is 5.91 Å². The number of likely N-dealkylation sites (tertiary alicyclic amines) is 1. The van der Waals surface area contributed by atoms with Gasteiger partial charge in [0.15, 0.2) is 0 Å². The fourth-order valence-electron chi connectivity index (χ4n) is 4.68. The van der Waals surface area contributed by atoms with Gasteiger partial charge in [-0.15, -0.1) is 0 Å². The number of methoxy groups -OCH3 is 1. The molecule has 1 unspecified atom stereocenters. The first-order valence-electron chi connectivity index (χ1n) is 10.6. The van der Waals surface area contributed by atoms with Crippen LogP contribution in [0.5, 0.6) is 5.75 Å². The molecule has 0 spiro atoms. The molecule has 0 radical (unpaired) electrons. The SMILES string of the molecule is COc1ccc2c(c1)c(CN1CCCCC1CN1CCOCC1)cn2CC(N)=O. The van der Waals surface area contributed by atoms with Crippen molar-refractivity contribution in [3.8, 4) is 5.75 Å². The van der Waals surface area contributed by atoms with Gasteiger partial charge in [0, 0.05) is 49.3 Å². The van der Waals surface area contributed by atoms with Crippen LogP contribution in [0.3, 0.4) is 0 Å². The van der Waals surface area contributed by atoms with Gasteiger partial charge in [-0.1, -0.05) is 6.42 Å². The number of nitrogens with zero attached hydrogens (tertiary/aromatic N) is 3. The van der Waals surface area contributed by atoms with E-state index in [2.05, 4.69) is 22.1 Å². The van der Waals surface area contributed by atoms with E-state index in [4.69, 9.17) is 15.2 Å². The highest BCUT2D eigenvalue weighted by Crippen LogP contribution is 2.29. The Morgan fingerprint density at radius 2 is 2.07 bits per heavy atom. The summed E-state index contributed by atoms with van der Waals surface area (Å²) in [5, 5.41) is 1.14.